The summed E-state index contributed by atoms with van der Waals surface area (Å²) in [4.78, 5) is 26.2. The third-order valence-corrected chi connectivity index (χ3v) is 3.98. The third kappa shape index (κ3) is 5.25. The van der Waals surface area contributed by atoms with Crippen molar-refractivity contribution < 1.29 is 24.4 Å². The van der Waals surface area contributed by atoms with E-state index in [1.165, 1.54) is 13.2 Å². The average Bonchev–Trinajstić information content (AvgIpc) is 2.68. The summed E-state index contributed by atoms with van der Waals surface area (Å²) in [6.07, 6.45) is -0.784. The Morgan fingerprint density at radius 1 is 1.40 bits per heavy atom. The Bertz CT molecular complexity index is 947. The summed E-state index contributed by atoms with van der Waals surface area (Å²) in [5, 5.41) is 29.5. The lowest BCUT2D eigenvalue weighted by Gasteiger charge is -2.18. The summed E-state index contributed by atoms with van der Waals surface area (Å²) in [5.74, 6) is 0.165. The van der Waals surface area contributed by atoms with Crippen LogP contribution < -0.4 is 21.1 Å². The maximum atomic E-state index is 11.6. The summed E-state index contributed by atoms with van der Waals surface area (Å²) < 4.78 is 9.87. The molecule has 0 aliphatic rings. The van der Waals surface area contributed by atoms with Crippen LogP contribution in [0.4, 0.5) is 27.8 Å². The second kappa shape index (κ2) is 9.91. The molecule has 1 unspecified atom stereocenters. The number of anilines is 3. The molecule has 0 fully saturated rings. The van der Waals surface area contributed by atoms with Gasteiger partial charge in [0.25, 0.3) is 0 Å². The second-order valence-electron chi connectivity index (χ2n) is 5.97. The van der Waals surface area contributed by atoms with Crippen molar-refractivity contribution in [2.45, 2.75) is 19.9 Å². The fourth-order valence-corrected chi connectivity index (χ4v) is 2.65. The number of oxime groups is 1. The molecule has 0 bridgehead atoms. The van der Waals surface area contributed by atoms with E-state index in [0.717, 1.165) is 0 Å². The molecule has 0 saturated carbocycles. The summed E-state index contributed by atoms with van der Waals surface area (Å²) in [5.41, 5.74) is 5.99. The van der Waals surface area contributed by atoms with Crippen LogP contribution >= 0.6 is 0 Å². The van der Waals surface area contributed by atoms with Gasteiger partial charge in [0.1, 0.15) is 23.0 Å². The minimum atomic E-state index is -0.784. The lowest BCUT2D eigenvalue weighted by Crippen LogP contribution is -2.28. The molecule has 0 aliphatic carbocycles. The molecule has 12 nitrogen and oxygen atoms in total. The number of carbonyl (C=O) groups is 1. The van der Waals surface area contributed by atoms with Gasteiger partial charge in [-0.05, 0) is 38.1 Å². The van der Waals surface area contributed by atoms with Crippen LogP contribution in [0.2, 0.25) is 0 Å². The fourth-order valence-electron chi connectivity index (χ4n) is 2.65. The zero-order valence-corrected chi connectivity index (χ0v) is 16.6. The van der Waals surface area contributed by atoms with Gasteiger partial charge in [-0.25, -0.2) is 9.78 Å². The molecule has 0 saturated heterocycles. The van der Waals surface area contributed by atoms with Crippen LogP contribution in [0.1, 0.15) is 19.4 Å². The molecule has 0 radical (unpaired) electrons. The smallest absolute Gasteiger partial charge is 0.412 e. The monoisotopic (exact) mass is 418 g/mol. The molecule has 0 aliphatic heterocycles. The standard InChI is InChI=1S/C18H22N6O6/c1-4-30-18(25)22-14-9-13(16(24(27)28)17(19)21-14)20-10(2)15(23-26)11-5-7-12(29-3)8-6-11/h5-10,26H,4H2,1-3H3,(H4,19,20,21,22,25)/b23-15-. The normalized spacial score (nSPS) is 12.0. The number of benzene rings is 1. The Morgan fingerprint density at radius 2 is 2.07 bits per heavy atom. The number of rotatable bonds is 8. The van der Waals surface area contributed by atoms with Gasteiger partial charge in [-0.2, -0.15) is 0 Å². The number of nitrogens with one attached hydrogen (secondary N) is 2. The van der Waals surface area contributed by atoms with Crippen LogP contribution in [0.3, 0.4) is 0 Å². The molecule has 1 heterocycles. The summed E-state index contributed by atoms with van der Waals surface area (Å²) in [6.45, 7) is 3.40. The van der Waals surface area contributed by atoms with E-state index in [2.05, 4.69) is 20.8 Å². The molecule has 1 aromatic carbocycles. The van der Waals surface area contributed by atoms with Crippen molar-refractivity contribution in [1.82, 2.24) is 4.98 Å². The minimum absolute atomic E-state index is 0.0264. The number of hydrogen-bond donors (Lipinski definition) is 4. The maximum absolute atomic E-state index is 11.6. The Morgan fingerprint density at radius 3 is 2.60 bits per heavy atom. The van der Waals surface area contributed by atoms with Crippen molar-refractivity contribution in [3.63, 3.8) is 0 Å². The first-order chi connectivity index (χ1) is 14.3. The molecule has 30 heavy (non-hydrogen) atoms. The molecule has 1 aromatic heterocycles. The number of methoxy groups -OCH3 is 1. The number of nitrogens with zero attached hydrogens (tertiary/aromatic N) is 3. The van der Waals surface area contributed by atoms with Crippen molar-refractivity contribution >= 4 is 34.8 Å². The van der Waals surface area contributed by atoms with Crippen LogP contribution in [-0.2, 0) is 4.74 Å². The first-order valence-corrected chi connectivity index (χ1v) is 8.82. The largest absolute Gasteiger partial charge is 0.497 e. The highest BCUT2D eigenvalue weighted by atomic mass is 16.6. The van der Waals surface area contributed by atoms with Crippen LogP contribution in [0.25, 0.3) is 0 Å². The summed E-state index contributed by atoms with van der Waals surface area (Å²) >= 11 is 0. The van der Waals surface area contributed by atoms with Gasteiger partial charge in [0, 0.05) is 11.6 Å². The lowest BCUT2D eigenvalue weighted by atomic mass is 10.0. The van der Waals surface area contributed by atoms with Gasteiger partial charge in [-0.3, -0.25) is 15.4 Å². The van der Waals surface area contributed by atoms with E-state index in [1.807, 2.05) is 0 Å². The highest BCUT2D eigenvalue weighted by Crippen LogP contribution is 2.33. The molecule has 160 valence electrons. The quantitative estimate of drug-likeness (QED) is 0.217. The molecule has 0 spiro atoms. The number of pyridine rings is 1. The second-order valence-corrected chi connectivity index (χ2v) is 5.97. The SMILES string of the molecule is CCOC(=O)Nc1cc(NC(C)/C(=N/O)c2ccc(OC)cc2)c([N+](=O)[O-])c(N)n1. The molecule has 1 amide bonds. The van der Waals surface area contributed by atoms with Crippen LogP contribution in [-0.4, -0.2) is 46.7 Å². The number of nitrogen functional groups attached to an aromatic ring is 1. The van der Waals surface area contributed by atoms with Gasteiger partial charge < -0.3 is 25.7 Å². The van der Waals surface area contributed by atoms with Crippen molar-refractivity contribution in [1.29, 1.82) is 0 Å². The number of ether oxygens (including phenoxy) is 2. The number of hydrogen-bond acceptors (Lipinski definition) is 10. The Balaban J connectivity index is 2.36. The number of nitrogens with two attached hydrogens (primary N) is 1. The number of nitro groups is 1. The van der Waals surface area contributed by atoms with Crippen LogP contribution in [0, 0.1) is 10.1 Å². The summed E-state index contributed by atoms with van der Waals surface area (Å²) in [6, 6.07) is 7.28. The minimum Gasteiger partial charge on any atom is -0.497 e. The Labute approximate surface area is 171 Å². The zero-order chi connectivity index (χ0) is 22.3. The molecular weight excluding hydrogens is 396 g/mol. The topological polar surface area (TPSA) is 174 Å². The zero-order valence-electron chi connectivity index (χ0n) is 16.6. The van der Waals surface area contributed by atoms with Gasteiger partial charge in [0.2, 0.25) is 5.82 Å². The molecule has 2 rings (SSSR count). The Kier molecular flexibility index (Phi) is 7.33. The van der Waals surface area contributed by atoms with Crippen LogP contribution in [0.5, 0.6) is 5.75 Å². The fraction of sp³-hybridized carbons (Fsp3) is 0.278. The van der Waals surface area contributed by atoms with Crippen molar-refractivity contribution in [2.75, 3.05) is 30.1 Å². The van der Waals surface area contributed by atoms with Crippen molar-refractivity contribution in [3.8, 4) is 5.75 Å². The van der Waals surface area contributed by atoms with E-state index in [9.17, 15) is 20.1 Å². The maximum Gasteiger partial charge on any atom is 0.412 e. The predicted octanol–water partition coefficient (Wildman–Crippen LogP) is 2.83. The Hall–Kier alpha value is -4.09. The lowest BCUT2D eigenvalue weighted by molar-refractivity contribution is -0.383. The van der Waals surface area contributed by atoms with E-state index < -0.39 is 28.6 Å². The van der Waals surface area contributed by atoms with E-state index >= 15 is 0 Å². The van der Waals surface area contributed by atoms with Gasteiger partial charge in [-0.15, -0.1) is 0 Å². The summed E-state index contributed by atoms with van der Waals surface area (Å²) in [7, 11) is 1.52. The van der Waals surface area contributed by atoms with E-state index in [-0.39, 0.29) is 23.8 Å². The molecule has 5 N–H and O–H groups in total. The molecular formula is C18H22N6O6. The number of amides is 1. The number of carbonyl (C=O) groups excluding carboxylic acids is 1. The predicted molar refractivity (Wildman–Crippen MR) is 110 cm³/mol. The van der Waals surface area contributed by atoms with E-state index in [1.54, 1.807) is 38.1 Å². The van der Waals surface area contributed by atoms with E-state index in [4.69, 9.17) is 15.2 Å². The van der Waals surface area contributed by atoms with Gasteiger partial charge >= 0.3 is 11.8 Å². The van der Waals surface area contributed by atoms with Gasteiger partial charge in [0.05, 0.1) is 24.7 Å². The molecule has 2 aromatic rings. The van der Waals surface area contributed by atoms with Gasteiger partial charge in [0.15, 0.2) is 0 Å². The first-order valence-electron chi connectivity index (χ1n) is 8.82. The van der Waals surface area contributed by atoms with Crippen LogP contribution in [0.15, 0.2) is 35.5 Å². The first kappa shape index (κ1) is 22.2. The van der Waals surface area contributed by atoms with Crippen molar-refractivity contribution in [3.05, 3.63) is 46.0 Å². The average molecular weight is 418 g/mol. The van der Waals surface area contributed by atoms with E-state index in [0.29, 0.717) is 11.3 Å². The number of aromatic nitrogens is 1. The highest BCUT2D eigenvalue weighted by molar-refractivity contribution is 6.05. The van der Waals surface area contributed by atoms with Gasteiger partial charge in [-0.1, -0.05) is 5.16 Å². The molecule has 1 atom stereocenters. The highest BCUT2D eigenvalue weighted by Gasteiger charge is 2.25. The van der Waals surface area contributed by atoms with Crippen molar-refractivity contribution in [2.24, 2.45) is 5.16 Å². The molecule has 12 heteroatoms. The third-order valence-electron chi connectivity index (χ3n) is 3.98.